The Labute approximate surface area is 179 Å². The summed E-state index contributed by atoms with van der Waals surface area (Å²) in [6.45, 7) is 2.24. The van der Waals surface area contributed by atoms with Crippen LogP contribution in [0.2, 0.25) is 0 Å². The first-order chi connectivity index (χ1) is 14.9. The molecular formula is C24H25N3O4. The van der Waals surface area contributed by atoms with Crippen molar-refractivity contribution in [1.29, 1.82) is 0 Å². The number of hydrogen-bond acceptors (Lipinski definition) is 4. The highest BCUT2D eigenvalue weighted by Gasteiger charge is 2.15. The van der Waals surface area contributed by atoms with Gasteiger partial charge in [-0.25, -0.2) is 0 Å². The van der Waals surface area contributed by atoms with E-state index in [9.17, 15) is 9.59 Å². The van der Waals surface area contributed by atoms with E-state index in [1.807, 2.05) is 36.4 Å². The number of aromatic nitrogens is 2. The zero-order chi connectivity index (χ0) is 22.0. The number of anilines is 1. The SMILES string of the molecule is CC(CCCCOc1ccc2[nH]c(C(=O)c3cc4cc(N)ccc4[nH]3)cc2c1)C(=O)O. The molecule has 0 aliphatic heterocycles. The summed E-state index contributed by atoms with van der Waals surface area (Å²) < 4.78 is 5.80. The number of H-pyrrole nitrogens is 2. The summed E-state index contributed by atoms with van der Waals surface area (Å²) in [4.78, 5) is 30.1. The van der Waals surface area contributed by atoms with Crippen LogP contribution >= 0.6 is 0 Å². The van der Waals surface area contributed by atoms with Crippen molar-refractivity contribution in [3.8, 4) is 5.75 Å². The van der Waals surface area contributed by atoms with Crippen molar-refractivity contribution >= 4 is 39.2 Å². The molecule has 160 valence electrons. The Hall–Kier alpha value is -3.74. The van der Waals surface area contributed by atoms with Crippen molar-refractivity contribution in [3.05, 3.63) is 59.9 Å². The molecule has 0 radical (unpaired) electrons. The predicted octanol–water partition coefficient (Wildman–Crippen LogP) is 4.73. The molecule has 2 aromatic carbocycles. The molecule has 0 aliphatic rings. The van der Waals surface area contributed by atoms with E-state index in [0.717, 1.165) is 40.4 Å². The Morgan fingerprint density at radius 2 is 1.61 bits per heavy atom. The van der Waals surface area contributed by atoms with Gasteiger partial charge >= 0.3 is 5.97 Å². The molecule has 0 bridgehead atoms. The summed E-state index contributed by atoms with van der Waals surface area (Å²) in [7, 11) is 0. The van der Waals surface area contributed by atoms with Gasteiger partial charge in [-0.3, -0.25) is 9.59 Å². The van der Waals surface area contributed by atoms with Crippen LogP contribution in [0, 0.1) is 5.92 Å². The lowest BCUT2D eigenvalue weighted by Gasteiger charge is -2.08. The maximum absolute atomic E-state index is 12.9. The molecular weight excluding hydrogens is 394 g/mol. The molecule has 0 spiro atoms. The fourth-order valence-corrected chi connectivity index (χ4v) is 3.61. The number of carboxylic acids is 1. The zero-order valence-electron chi connectivity index (χ0n) is 17.3. The average molecular weight is 419 g/mol. The number of rotatable bonds is 9. The van der Waals surface area contributed by atoms with Crippen molar-refractivity contribution in [3.63, 3.8) is 0 Å². The zero-order valence-corrected chi connectivity index (χ0v) is 17.3. The highest BCUT2D eigenvalue weighted by atomic mass is 16.5. The summed E-state index contributed by atoms with van der Waals surface area (Å²) in [6.07, 6.45) is 2.23. The van der Waals surface area contributed by atoms with Crippen molar-refractivity contribution in [2.75, 3.05) is 12.3 Å². The lowest BCUT2D eigenvalue weighted by molar-refractivity contribution is -0.141. The van der Waals surface area contributed by atoms with Crippen LogP contribution in [0.1, 0.15) is 42.4 Å². The Morgan fingerprint density at radius 1 is 0.968 bits per heavy atom. The molecule has 4 aromatic rings. The highest BCUT2D eigenvalue weighted by molar-refractivity contribution is 6.11. The normalized spacial score (nSPS) is 12.3. The first-order valence-electron chi connectivity index (χ1n) is 10.3. The van der Waals surface area contributed by atoms with E-state index in [1.54, 1.807) is 19.1 Å². The van der Waals surface area contributed by atoms with Crippen LogP contribution in [-0.2, 0) is 4.79 Å². The van der Waals surface area contributed by atoms with E-state index in [4.69, 9.17) is 15.6 Å². The van der Waals surface area contributed by atoms with E-state index < -0.39 is 5.97 Å². The molecule has 0 saturated carbocycles. The second-order valence-corrected chi connectivity index (χ2v) is 7.87. The van der Waals surface area contributed by atoms with Crippen LogP contribution in [0.25, 0.3) is 21.8 Å². The molecule has 2 aromatic heterocycles. The predicted molar refractivity (Wildman–Crippen MR) is 121 cm³/mol. The van der Waals surface area contributed by atoms with Crippen molar-refractivity contribution in [2.45, 2.75) is 26.2 Å². The van der Waals surface area contributed by atoms with Crippen LogP contribution < -0.4 is 10.5 Å². The topological polar surface area (TPSA) is 121 Å². The van der Waals surface area contributed by atoms with Crippen molar-refractivity contribution < 1.29 is 19.4 Å². The fraction of sp³-hybridized carbons (Fsp3) is 0.250. The number of nitrogens with two attached hydrogens (primary N) is 1. The number of benzene rings is 2. The van der Waals surface area contributed by atoms with Gasteiger partial charge in [0.25, 0.3) is 0 Å². The third-order valence-electron chi connectivity index (χ3n) is 5.45. The fourth-order valence-electron chi connectivity index (χ4n) is 3.61. The number of carboxylic acid groups (broad SMARTS) is 1. The number of fused-ring (bicyclic) bond motifs is 2. The molecule has 7 nitrogen and oxygen atoms in total. The van der Waals surface area contributed by atoms with Gasteiger partial charge in [0.05, 0.1) is 23.9 Å². The Kier molecular flexibility index (Phi) is 5.66. The largest absolute Gasteiger partial charge is 0.494 e. The molecule has 0 fully saturated rings. The minimum Gasteiger partial charge on any atom is -0.494 e. The molecule has 4 rings (SSSR count). The molecule has 1 unspecified atom stereocenters. The second-order valence-electron chi connectivity index (χ2n) is 7.87. The lowest BCUT2D eigenvalue weighted by Crippen LogP contribution is -2.09. The van der Waals surface area contributed by atoms with Gasteiger partial charge in [0.2, 0.25) is 5.78 Å². The maximum atomic E-state index is 12.9. The monoisotopic (exact) mass is 419 g/mol. The maximum Gasteiger partial charge on any atom is 0.306 e. The quantitative estimate of drug-likeness (QED) is 0.177. The average Bonchev–Trinajstić information content (AvgIpc) is 3.36. The van der Waals surface area contributed by atoms with Crippen LogP contribution in [0.15, 0.2) is 48.5 Å². The van der Waals surface area contributed by atoms with E-state index in [1.165, 1.54) is 0 Å². The van der Waals surface area contributed by atoms with Crippen molar-refractivity contribution in [2.24, 2.45) is 5.92 Å². The highest BCUT2D eigenvalue weighted by Crippen LogP contribution is 2.25. The minimum atomic E-state index is -0.763. The van der Waals surface area contributed by atoms with E-state index in [0.29, 0.717) is 30.1 Å². The van der Waals surface area contributed by atoms with Gasteiger partial charge in [-0.1, -0.05) is 6.92 Å². The van der Waals surface area contributed by atoms with Gasteiger partial charge in [-0.05, 0) is 67.8 Å². The third-order valence-corrected chi connectivity index (χ3v) is 5.45. The molecule has 1 atom stereocenters. The lowest BCUT2D eigenvalue weighted by atomic mass is 10.1. The first-order valence-corrected chi connectivity index (χ1v) is 10.3. The second kappa shape index (κ2) is 8.55. The van der Waals surface area contributed by atoms with Crippen LogP contribution in [0.5, 0.6) is 5.75 Å². The molecule has 0 saturated heterocycles. The van der Waals surface area contributed by atoms with E-state index >= 15 is 0 Å². The summed E-state index contributed by atoms with van der Waals surface area (Å²) in [5.74, 6) is -0.499. The number of carbonyl (C=O) groups is 2. The van der Waals surface area contributed by atoms with Gasteiger partial charge in [-0.15, -0.1) is 0 Å². The number of hydrogen-bond donors (Lipinski definition) is 4. The number of ether oxygens (including phenoxy) is 1. The Bertz CT molecular complexity index is 1250. The number of nitrogen functional groups attached to an aromatic ring is 1. The molecule has 31 heavy (non-hydrogen) atoms. The molecule has 5 N–H and O–H groups in total. The van der Waals surface area contributed by atoms with Gasteiger partial charge < -0.3 is 25.5 Å². The molecule has 0 amide bonds. The molecule has 0 aliphatic carbocycles. The third kappa shape index (κ3) is 4.55. The smallest absolute Gasteiger partial charge is 0.306 e. The number of aromatic amines is 2. The van der Waals surface area contributed by atoms with Gasteiger partial charge in [-0.2, -0.15) is 0 Å². The summed E-state index contributed by atoms with van der Waals surface area (Å²) in [5, 5.41) is 10.7. The number of aliphatic carboxylic acids is 1. The number of carbonyl (C=O) groups excluding carboxylic acids is 1. The van der Waals surface area contributed by atoms with E-state index in [2.05, 4.69) is 9.97 Å². The summed E-state index contributed by atoms with van der Waals surface area (Å²) >= 11 is 0. The van der Waals surface area contributed by atoms with E-state index in [-0.39, 0.29) is 11.7 Å². The molecule has 7 heteroatoms. The first kappa shape index (κ1) is 20.5. The minimum absolute atomic E-state index is 0.124. The summed E-state index contributed by atoms with van der Waals surface area (Å²) in [5.41, 5.74) is 9.18. The number of unbranched alkanes of at least 4 members (excludes halogenated alkanes) is 1. The van der Waals surface area contributed by atoms with Crippen molar-refractivity contribution in [1.82, 2.24) is 9.97 Å². The Balaban J connectivity index is 1.42. The number of nitrogens with one attached hydrogen (secondary N) is 2. The van der Waals surface area contributed by atoms with Crippen LogP contribution in [0.4, 0.5) is 5.69 Å². The van der Waals surface area contributed by atoms with Gasteiger partial charge in [0, 0.05) is 27.5 Å². The van der Waals surface area contributed by atoms with Crippen LogP contribution in [-0.4, -0.2) is 33.4 Å². The summed E-state index contributed by atoms with van der Waals surface area (Å²) in [6, 6.07) is 14.8. The number of ketones is 1. The molecule has 2 heterocycles. The van der Waals surface area contributed by atoms with Gasteiger partial charge in [0.1, 0.15) is 5.75 Å². The standard InChI is InChI=1S/C24H25N3O4/c1-14(24(29)30)4-2-3-9-31-18-6-8-20-16(11-18)13-22(27-20)23(28)21-12-15-10-17(25)5-7-19(15)26-21/h5-8,10-14,26-27H,2-4,9,25H2,1H3,(H,29,30). The van der Waals surface area contributed by atoms with Gasteiger partial charge in [0.15, 0.2) is 0 Å². The Morgan fingerprint density at radius 3 is 2.29 bits per heavy atom. The van der Waals surface area contributed by atoms with Crippen LogP contribution in [0.3, 0.4) is 0 Å².